The lowest BCUT2D eigenvalue weighted by atomic mass is 10.0. The third-order valence-corrected chi connectivity index (χ3v) is 6.31. The first-order valence-electron chi connectivity index (χ1n) is 12.8. The van der Waals surface area contributed by atoms with E-state index in [-0.39, 0.29) is 37.5 Å². The van der Waals surface area contributed by atoms with Gasteiger partial charge in [0.05, 0.1) is 12.6 Å². The third-order valence-electron chi connectivity index (χ3n) is 5.67. The quantitative estimate of drug-likeness (QED) is 0.0496. The Kier molecular flexibility index (Phi) is 15.6. The number of aliphatic carboxylic acids is 1. The highest BCUT2D eigenvalue weighted by Crippen LogP contribution is 2.12. The SMILES string of the molecule is CSCC[C@H](NC(=O)[C@H](C)N)C(=O)NCC(=O)N[C@@H](Cc1ccc(O)cc1)C(=O)N[C@@H](CCCN=C(N)N)C(=O)O. The van der Waals surface area contributed by atoms with Crippen molar-refractivity contribution in [3.63, 3.8) is 0 Å². The highest BCUT2D eigenvalue weighted by atomic mass is 32.2. The van der Waals surface area contributed by atoms with E-state index in [1.807, 2.05) is 6.26 Å². The van der Waals surface area contributed by atoms with Crippen LogP contribution in [-0.2, 0) is 30.4 Å². The van der Waals surface area contributed by atoms with Crippen LogP contribution in [0, 0.1) is 0 Å². The zero-order valence-electron chi connectivity index (χ0n) is 23.1. The number of guanidine groups is 1. The average Bonchev–Trinajstić information content (AvgIpc) is 2.91. The van der Waals surface area contributed by atoms with E-state index in [0.717, 1.165) is 0 Å². The number of carbonyl (C=O) groups is 5. The van der Waals surface area contributed by atoms with Gasteiger partial charge in [-0.1, -0.05) is 12.1 Å². The number of hydrogen-bond donors (Lipinski definition) is 9. The smallest absolute Gasteiger partial charge is 0.326 e. The first-order valence-corrected chi connectivity index (χ1v) is 14.2. The molecule has 0 aliphatic heterocycles. The van der Waals surface area contributed by atoms with Gasteiger partial charge in [0.15, 0.2) is 5.96 Å². The lowest BCUT2D eigenvalue weighted by Gasteiger charge is -2.22. The predicted octanol–water partition coefficient (Wildman–Crippen LogP) is -2.26. The van der Waals surface area contributed by atoms with Crippen molar-refractivity contribution < 1.29 is 34.2 Å². The molecule has 0 aromatic heterocycles. The Morgan fingerprint density at radius 2 is 1.56 bits per heavy atom. The van der Waals surface area contributed by atoms with E-state index in [0.29, 0.717) is 17.7 Å². The number of thioether (sulfide) groups is 1. The Bertz CT molecular complexity index is 1060. The molecule has 0 fully saturated rings. The van der Waals surface area contributed by atoms with Gasteiger partial charge in [-0.05, 0) is 55.9 Å². The van der Waals surface area contributed by atoms with Crippen LogP contribution in [0.1, 0.15) is 31.7 Å². The molecule has 0 aliphatic carbocycles. The number of nitrogens with two attached hydrogens (primary N) is 3. The second kappa shape index (κ2) is 18.3. The Labute approximate surface area is 242 Å². The van der Waals surface area contributed by atoms with Crippen LogP contribution in [-0.4, -0.2) is 95.0 Å². The van der Waals surface area contributed by atoms with Crippen LogP contribution in [0.5, 0.6) is 5.75 Å². The summed E-state index contributed by atoms with van der Waals surface area (Å²) in [4.78, 5) is 66.1. The summed E-state index contributed by atoms with van der Waals surface area (Å²) in [6, 6.07) is 1.66. The maximum absolute atomic E-state index is 13.1. The largest absolute Gasteiger partial charge is 0.508 e. The minimum atomic E-state index is -1.28. The van der Waals surface area contributed by atoms with Crippen molar-refractivity contribution >= 4 is 47.3 Å². The highest BCUT2D eigenvalue weighted by molar-refractivity contribution is 7.98. The Hall–Kier alpha value is -4.05. The van der Waals surface area contributed by atoms with Crippen molar-refractivity contribution in [1.29, 1.82) is 0 Å². The molecular formula is C25H40N8O7S. The van der Waals surface area contributed by atoms with Crippen LogP contribution in [0.4, 0.5) is 0 Å². The Balaban J connectivity index is 2.94. The average molecular weight is 597 g/mol. The van der Waals surface area contributed by atoms with Gasteiger partial charge in [0.1, 0.15) is 23.9 Å². The molecule has 0 aliphatic rings. The summed E-state index contributed by atoms with van der Waals surface area (Å²) in [6.45, 7) is 1.13. The molecule has 12 N–H and O–H groups in total. The van der Waals surface area contributed by atoms with Gasteiger partial charge >= 0.3 is 5.97 Å². The van der Waals surface area contributed by atoms with E-state index >= 15 is 0 Å². The van der Waals surface area contributed by atoms with E-state index in [2.05, 4.69) is 26.3 Å². The number of aromatic hydroxyl groups is 1. The Morgan fingerprint density at radius 1 is 0.927 bits per heavy atom. The van der Waals surface area contributed by atoms with Crippen molar-refractivity contribution in [2.45, 2.75) is 56.8 Å². The van der Waals surface area contributed by atoms with E-state index in [1.165, 1.54) is 30.8 Å². The van der Waals surface area contributed by atoms with Gasteiger partial charge in [0.25, 0.3) is 0 Å². The normalized spacial score (nSPS) is 13.5. The number of amides is 4. The van der Waals surface area contributed by atoms with Crippen LogP contribution in [0.25, 0.3) is 0 Å². The summed E-state index contributed by atoms with van der Waals surface area (Å²) < 4.78 is 0. The summed E-state index contributed by atoms with van der Waals surface area (Å²) in [6.07, 6.45) is 2.41. The number of carboxylic acids is 1. The fourth-order valence-electron chi connectivity index (χ4n) is 3.45. The number of nitrogens with zero attached hydrogens (tertiary/aromatic N) is 1. The van der Waals surface area contributed by atoms with Gasteiger partial charge in [-0.15, -0.1) is 0 Å². The third kappa shape index (κ3) is 14.2. The number of rotatable bonds is 18. The molecule has 0 unspecified atom stereocenters. The number of benzene rings is 1. The second-order valence-electron chi connectivity index (χ2n) is 9.19. The van der Waals surface area contributed by atoms with Crippen molar-refractivity contribution in [2.75, 3.05) is 25.1 Å². The van der Waals surface area contributed by atoms with Crippen LogP contribution >= 0.6 is 11.8 Å². The molecule has 4 amide bonds. The van der Waals surface area contributed by atoms with Gasteiger partial charge < -0.3 is 48.7 Å². The van der Waals surface area contributed by atoms with E-state index in [1.54, 1.807) is 12.1 Å². The molecule has 1 aromatic rings. The molecule has 16 heteroatoms. The van der Waals surface area contributed by atoms with Crippen molar-refractivity contribution in [3.05, 3.63) is 29.8 Å². The van der Waals surface area contributed by atoms with E-state index in [4.69, 9.17) is 17.2 Å². The molecule has 4 atom stereocenters. The monoisotopic (exact) mass is 596 g/mol. The molecule has 228 valence electrons. The van der Waals surface area contributed by atoms with Crippen LogP contribution < -0.4 is 38.5 Å². The van der Waals surface area contributed by atoms with Crippen molar-refractivity contribution in [2.24, 2.45) is 22.2 Å². The molecule has 0 saturated heterocycles. The predicted molar refractivity (Wildman–Crippen MR) is 155 cm³/mol. The molecule has 0 saturated carbocycles. The minimum absolute atomic E-state index is 0.000336. The molecule has 1 aromatic carbocycles. The van der Waals surface area contributed by atoms with E-state index < -0.39 is 60.3 Å². The van der Waals surface area contributed by atoms with Gasteiger partial charge in [0.2, 0.25) is 23.6 Å². The summed E-state index contributed by atoms with van der Waals surface area (Å²) in [5, 5.41) is 29.0. The lowest BCUT2D eigenvalue weighted by molar-refractivity contribution is -0.142. The summed E-state index contributed by atoms with van der Waals surface area (Å²) >= 11 is 1.47. The van der Waals surface area contributed by atoms with Gasteiger partial charge in [0, 0.05) is 13.0 Å². The maximum atomic E-state index is 13.1. The van der Waals surface area contributed by atoms with Crippen molar-refractivity contribution in [3.8, 4) is 5.75 Å². The topological polar surface area (TPSA) is 264 Å². The van der Waals surface area contributed by atoms with Crippen LogP contribution in [0.3, 0.4) is 0 Å². The van der Waals surface area contributed by atoms with Gasteiger partial charge in [-0.2, -0.15) is 11.8 Å². The Morgan fingerprint density at radius 3 is 2.12 bits per heavy atom. The number of hydrogen-bond acceptors (Lipinski definition) is 9. The fourth-order valence-corrected chi connectivity index (χ4v) is 3.93. The molecule has 0 radical (unpaired) electrons. The number of carbonyl (C=O) groups excluding carboxylic acids is 4. The molecule has 0 heterocycles. The summed E-state index contributed by atoms with van der Waals surface area (Å²) in [5.74, 6) is -3.48. The number of phenols is 1. The zero-order chi connectivity index (χ0) is 30.9. The lowest BCUT2D eigenvalue weighted by Crippen LogP contribution is -2.55. The van der Waals surface area contributed by atoms with Crippen LogP contribution in [0.2, 0.25) is 0 Å². The number of phenolic OH excluding ortho intramolecular Hbond substituents is 1. The number of carboxylic acid groups (broad SMARTS) is 1. The van der Waals surface area contributed by atoms with Crippen molar-refractivity contribution in [1.82, 2.24) is 21.3 Å². The van der Waals surface area contributed by atoms with Crippen LogP contribution in [0.15, 0.2) is 29.3 Å². The molecule has 41 heavy (non-hydrogen) atoms. The summed E-state index contributed by atoms with van der Waals surface area (Å²) in [5.41, 5.74) is 16.7. The first kappa shape index (κ1) is 35.0. The summed E-state index contributed by atoms with van der Waals surface area (Å²) in [7, 11) is 0. The first-order chi connectivity index (χ1) is 19.3. The number of nitrogens with one attached hydrogen (secondary N) is 4. The zero-order valence-corrected chi connectivity index (χ0v) is 23.9. The number of aliphatic imine (C=N–C) groups is 1. The molecule has 1 rings (SSSR count). The molecule has 15 nitrogen and oxygen atoms in total. The molecular weight excluding hydrogens is 556 g/mol. The van der Waals surface area contributed by atoms with Gasteiger partial charge in [-0.25, -0.2) is 4.79 Å². The van der Waals surface area contributed by atoms with E-state index in [9.17, 15) is 34.2 Å². The maximum Gasteiger partial charge on any atom is 0.326 e. The second-order valence-corrected chi connectivity index (χ2v) is 10.2. The minimum Gasteiger partial charge on any atom is -0.508 e. The molecule has 0 bridgehead atoms. The molecule has 0 spiro atoms. The fraction of sp³-hybridized carbons (Fsp3) is 0.520. The standard InChI is InChI=1S/C25H40N8O7S/c1-14(26)21(36)32-17(9-11-41-2)22(37)30-13-20(35)31-19(12-15-5-7-16(34)8-6-15)23(38)33-18(24(39)40)4-3-10-29-25(27)28/h5-8,14,17-19,34H,3-4,9-13,26H2,1-2H3,(H,30,37)(H,31,35)(H,32,36)(H,33,38)(H,39,40)(H4,27,28,29)/t14-,17-,18-,19-/m0/s1. The highest BCUT2D eigenvalue weighted by Gasteiger charge is 2.28. The van der Waals surface area contributed by atoms with Gasteiger partial charge in [-0.3, -0.25) is 24.2 Å².